The van der Waals surface area contributed by atoms with Gasteiger partial charge in [0.05, 0.1) is 12.3 Å². The van der Waals surface area contributed by atoms with Gasteiger partial charge in [-0.1, -0.05) is 0 Å². The van der Waals surface area contributed by atoms with Crippen LogP contribution in [0.3, 0.4) is 0 Å². The van der Waals surface area contributed by atoms with Crippen LogP contribution in [0.1, 0.15) is 23.4 Å². The molecule has 2 rings (SSSR count). The molecule has 0 bridgehead atoms. The lowest BCUT2D eigenvalue weighted by molar-refractivity contribution is 0.0675. The summed E-state index contributed by atoms with van der Waals surface area (Å²) in [7, 11) is 0. The average Bonchev–Trinajstić information content (AvgIpc) is 2.82. The lowest BCUT2D eigenvalue weighted by Crippen LogP contribution is -2.38. The monoisotopic (exact) mass is 204 g/mol. The number of rotatable bonds is 1. The molecule has 4 heteroatoms. The molecule has 1 aliphatic heterocycles. The summed E-state index contributed by atoms with van der Waals surface area (Å²) in [5, 5.41) is 8.73. The van der Waals surface area contributed by atoms with Gasteiger partial charge in [0, 0.05) is 19.0 Å². The van der Waals surface area contributed by atoms with Crippen LogP contribution in [0, 0.1) is 17.2 Å². The highest BCUT2D eigenvalue weighted by Crippen LogP contribution is 2.18. The third kappa shape index (κ3) is 2.01. The molecule has 0 unspecified atom stereocenters. The largest absolute Gasteiger partial charge is 0.459 e. The zero-order valence-electron chi connectivity index (χ0n) is 8.35. The molecule has 78 valence electrons. The molecule has 1 aromatic heterocycles. The fourth-order valence-corrected chi connectivity index (χ4v) is 1.77. The van der Waals surface area contributed by atoms with Gasteiger partial charge in [0.15, 0.2) is 5.76 Å². The summed E-state index contributed by atoms with van der Waals surface area (Å²) in [5.41, 5.74) is 0. The van der Waals surface area contributed by atoms with Gasteiger partial charge in [-0.25, -0.2) is 0 Å². The van der Waals surface area contributed by atoms with Crippen LogP contribution >= 0.6 is 0 Å². The van der Waals surface area contributed by atoms with Gasteiger partial charge in [-0.05, 0) is 25.0 Å². The van der Waals surface area contributed by atoms with Crippen LogP contribution in [0.15, 0.2) is 22.8 Å². The van der Waals surface area contributed by atoms with E-state index in [1.165, 1.54) is 6.26 Å². The molecule has 0 atom stereocenters. The van der Waals surface area contributed by atoms with Gasteiger partial charge in [0.25, 0.3) is 5.91 Å². The second-order valence-corrected chi connectivity index (χ2v) is 3.67. The van der Waals surface area contributed by atoms with E-state index in [4.69, 9.17) is 9.68 Å². The third-order valence-electron chi connectivity index (χ3n) is 2.70. The lowest BCUT2D eigenvalue weighted by atomic mass is 9.98. The van der Waals surface area contributed by atoms with Gasteiger partial charge in [-0.2, -0.15) is 5.26 Å². The number of amides is 1. The van der Waals surface area contributed by atoms with E-state index in [0.29, 0.717) is 18.8 Å². The number of nitrogens with zero attached hydrogens (tertiary/aromatic N) is 2. The van der Waals surface area contributed by atoms with Gasteiger partial charge < -0.3 is 9.32 Å². The molecule has 0 saturated carbocycles. The van der Waals surface area contributed by atoms with Crippen molar-refractivity contribution in [3.8, 4) is 6.07 Å². The van der Waals surface area contributed by atoms with E-state index >= 15 is 0 Å². The third-order valence-corrected chi connectivity index (χ3v) is 2.70. The van der Waals surface area contributed by atoms with E-state index in [0.717, 1.165) is 12.8 Å². The van der Waals surface area contributed by atoms with Crippen LogP contribution < -0.4 is 0 Å². The van der Waals surface area contributed by atoms with E-state index in [1.54, 1.807) is 17.0 Å². The fourth-order valence-electron chi connectivity index (χ4n) is 1.77. The molecule has 1 aromatic rings. The van der Waals surface area contributed by atoms with Crippen molar-refractivity contribution in [2.45, 2.75) is 12.8 Å². The highest BCUT2D eigenvalue weighted by molar-refractivity contribution is 5.91. The first kappa shape index (κ1) is 9.78. The summed E-state index contributed by atoms with van der Waals surface area (Å²) < 4.78 is 5.05. The van der Waals surface area contributed by atoms with Gasteiger partial charge in [0.2, 0.25) is 0 Å². The highest BCUT2D eigenvalue weighted by Gasteiger charge is 2.24. The second-order valence-electron chi connectivity index (χ2n) is 3.67. The second kappa shape index (κ2) is 4.18. The Bertz CT molecular complexity index is 370. The number of likely N-dealkylation sites (tertiary alicyclic amines) is 1. The molecule has 4 nitrogen and oxygen atoms in total. The number of carbonyl (C=O) groups is 1. The standard InChI is InChI=1S/C11H12N2O2/c12-8-9-3-5-13(6-4-9)11(14)10-2-1-7-15-10/h1-2,7,9H,3-6H2. The first-order valence-corrected chi connectivity index (χ1v) is 5.03. The summed E-state index contributed by atoms with van der Waals surface area (Å²) in [6, 6.07) is 5.61. The lowest BCUT2D eigenvalue weighted by Gasteiger charge is -2.28. The van der Waals surface area contributed by atoms with E-state index in [1.807, 2.05) is 0 Å². The minimum absolute atomic E-state index is 0.0728. The first-order valence-electron chi connectivity index (χ1n) is 5.03. The Kier molecular flexibility index (Phi) is 2.72. The molecule has 0 radical (unpaired) electrons. The van der Waals surface area contributed by atoms with E-state index < -0.39 is 0 Å². The fraction of sp³-hybridized carbons (Fsp3) is 0.455. The quantitative estimate of drug-likeness (QED) is 0.699. The van der Waals surface area contributed by atoms with Crippen molar-refractivity contribution in [2.24, 2.45) is 5.92 Å². The minimum atomic E-state index is -0.0728. The van der Waals surface area contributed by atoms with Gasteiger partial charge >= 0.3 is 0 Å². The van der Waals surface area contributed by atoms with Crippen LogP contribution in [-0.4, -0.2) is 23.9 Å². The summed E-state index contributed by atoms with van der Waals surface area (Å²) in [6.45, 7) is 1.30. The minimum Gasteiger partial charge on any atom is -0.459 e. The Morgan fingerprint density at radius 3 is 2.80 bits per heavy atom. The molecule has 0 N–H and O–H groups in total. The van der Waals surface area contributed by atoms with Crippen molar-refractivity contribution >= 4 is 5.91 Å². The molecule has 0 aromatic carbocycles. The number of hydrogen-bond donors (Lipinski definition) is 0. The Balaban J connectivity index is 1.97. The maximum absolute atomic E-state index is 11.8. The summed E-state index contributed by atoms with van der Waals surface area (Å²) in [6.07, 6.45) is 3.03. The number of carbonyl (C=O) groups excluding carboxylic acids is 1. The van der Waals surface area contributed by atoms with Crippen LogP contribution in [-0.2, 0) is 0 Å². The molecular weight excluding hydrogens is 192 g/mol. The maximum atomic E-state index is 11.8. The van der Waals surface area contributed by atoms with E-state index in [2.05, 4.69) is 6.07 Å². The van der Waals surface area contributed by atoms with E-state index in [9.17, 15) is 4.79 Å². The average molecular weight is 204 g/mol. The van der Waals surface area contributed by atoms with Crippen LogP contribution in [0.5, 0.6) is 0 Å². The van der Waals surface area contributed by atoms with Crippen molar-refractivity contribution < 1.29 is 9.21 Å². The maximum Gasteiger partial charge on any atom is 0.289 e. The van der Waals surface area contributed by atoms with Crippen LogP contribution in [0.4, 0.5) is 0 Å². The molecule has 1 amide bonds. The molecule has 0 spiro atoms. The molecule has 2 heterocycles. The van der Waals surface area contributed by atoms with Crippen molar-refractivity contribution in [3.05, 3.63) is 24.2 Å². The summed E-state index contributed by atoms with van der Waals surface area (Å²) in [4.78, 5) is 13.5. The highest BCUT2D eigenvalue weighted by atomic mass is 16.3. The van der Waals surface area contributed by atoms with Crippen molar-refractivity contribution in [1.82, 2.24) is 4.90 Å². The number of hydrogen-bond acceptors (Lipinski definition) is 3. The summed E-state index contributed by atoms with van der Waals surface area (Å²) >= 11 is 0. The molecule has 15 heavy (non-hydrogen) atoms. The number of furan rings is 1. The normalized spacial score (nSPS) is 17.4. The molecular formula is C11H12N2O2. The van der Waals surface area contributed by atoms with Crippen LogP contribution in [0.2, 0.25) is 0 Å². The van der Waals surface area contributed by atoms with Crippen LogP contribution in [0.25, 0.3) is 0 Å². The predicted octanol–water partition coefficient (Wildman–Crippen LogP) is 1.66. The van der Waals surface area contributed by atoms with Crippen molar-refractivity contribution in [1.29, 1.82) is 5.26 Å². The Morgan fingerprint density at radius 2 is 2.27 bits per heavy atom. The number of nitriles is 1. The molecule has 1 saturated heterocycles. The Morgan fingerprint density at radius 1 is 1.53 bits per heavy atom. The Hall–Kier alpha value is -1.76. The number of piperidine rings is 1. The first-order chi connectivity index (χ1) is 7.31. The van der Waals surface area contributed by atoms with Gasteiger partial charge in [-0.15, -0.1) is 0 Å². The molecule has 1 aliphatic rings. The summed E-state index contributed by atoms with van der Waals surface area (Å²) in [5.74, 6) is 0.410. The molecule has 0 aliphatic carbocycles. The predicted molar refractivity (Wildman–Crippen MR) is 52.9 cm³/mol. The van der Waals surface area contributed by atoms with Gasteiger partial charge in [0.1, 0.15) is 0 Å². The van der Waals surface area contributed by atoms with E-state index in [-0.39, 0.29) is 11.8 Å². The zero-order chi connectivity index (χ0) is 10.7. The van der Waals surface area contributed by atoms with Crippen molar-refractivity contribution in [2.75, 3.05) is 13.1 Å². The van der Waals surface area contributed by atoms with Crippen molar-refractivity contribution in [3.63, 3.8) is 0 Å². The Labute approximate surface area is 88.1 Å². The topological polar surface area (TPSA) is 57.2 Å². The SMILES string of the molecule is N#CC1CCN(C(=O)c2ccco2)CC1. The molecule has 1 fully saturated rings. The zero-order valence-corrected chi connectivity index (χ0v) is 8.35. The van der Waals surface area contributed by atoms with Gasteiger partial charge in [-0.3, -0.25) is 4.79 Å². The smallest absolute Gasteiger partial charge is 0.289 e.